The normalized spacial score (nSPS) is 27.9. The molecule has 1 aromatic rings. The molecule has 1 saturated carbocycles. The molecule has 0 radical (unpaired) electrons. The molecule has 5 rings (SSSR count). The highest BCUT2D eigenvalue weighted by atomic mass is 16.5. The number of rotatable bonds is 4. The molecule has 32 heavy (non-hydrogen) atoms. The standard InChI is InChI=1S/C22H33N3O.2CH2O2/c1-16-2-6-20(7-3-16)24-10-8-18(9-11-24)23-19-12-21-15-26-22(17-4-5-17)14-25(21)13-19;2*2-1-3/h2-3,6-7,17-19,21-23H,4-5,8-15H2,1H3;2*1H,(H,2,3)/t19-,21-,22+;;/m0../s1. The van der Waals surface area contributed by atoms with Gasteiger partial charge in [-0.15, -0.1) is 0 Å². The molecule has 4 fully saturated rings. The molecule has 178 valence electrons. The summed E-state index contributed by atoms with van der Waals surface area (Å²) in [5, 5.41) is 17.8. The zero-order valence-electron chi connectivity index (χ0n) is 18.9. The number of carbonyl (C=O) groups is 2. The molecule has 3 heterocycles. The molecule has 0 unspecified atom stereocenters. The molecule has 8 heteroatoms. The minimum atomic E-state index is -0.250. The Bertz CT molecular complexity index is 698. The first-order valence-electron chi connectivity index (χ1n) is 11.7. The fourth-order valence-electron chi connectivity index (χ4n) is 5.17. The number of nitrogens with one attached hydrogen (secondary N) is 1. The Morgan fingerprint density at radius 3 is 2.19 bits per heavy atom. The SMILES string of the molecule is Cc1ccc(N2CCC(N[C@H]3C[C@H]4CO[C@@H](C5CC5)CN4C3)CC2)cc1.O=CO.O=CO. The van der Waals surface area contributed by atoms with Gasteiger partial charge in [0.05, 0.1) is 12.7 Å². The Balaban J connectivity index is 0.000000437. The maximum Gasteiger partial charge on any atom is 0.290 e. The van der Waals surface area contributed by atoms with Gasteiger partial charge in [-0.25, -0.2) is 0 Å². The molecule has 1 aromatic carbocycles. The molecule has 0 bridgehead atoms. The third-order valence-corrected chi connectivity index (χ3v) is 6.96. The van der Waals surface area contributed by atoms with Gasteiger partial charge in [-0.2, -0.15) is 0 Å². The van der Waals surface area contributed by atoms with Crippen LogP contribution < -0.4 is 10.2 Å². The quantitative estimate of drug-likeness (QED) is 0.604. The van der Waals surface area contributed by atoms with Crippen molar-refractivity contribution >= 4 is 18.6 Å². The Morgan fingerprint density at radius 1 is 0.969 bits per heavy atom. The van der Waals surface area contributed by atoms with E-state index in [1.165, 1.54) is 69.5 Å². The molecule has 4 aliphatic rings. The van der Waals surface area contributed by atoms with E-state index in [1.807, 2.05) is 0 Å². The third-order valence-electron chi connectivity index (χ3n) is 6.96. The smallest absolute Gasteiger partial charge is 0.290 e. The third kappa shape index (κ3) is 6.92. The highest BCUT2D eigenvalue weighted by Gasteiger charge is 2.42. The number of fused-ring (bicyclic) bond motifs is 1. The number of carboxylic acid groups (broad SMARTS) is 2. The minimum Gasteiger partial charge on any atom is -0.483 e. The van der Waals surface area contributed by atoms with E-state index < -0.39 is 0 Å². The lowest BCUT2D eigenvalue weighted by molar-refractivity contribution is -0.123. The summed E-state index contributed by atoms with van der Waals surface area (Å²) in [5.74, 6) is 0.870. The van der Waals surface area contributed by atoms with Gasteiger partial charge in [0.2, 0.25) is 0 Å². The summed E-state index contributed by atoms with van der Waals surface area (Å²) in [6, 6.07) is 11.0. The van der Waals surface area contributed by atoms with Crippen LogP contribution in [0.15, 0.2) is 24.3 Å². The predicted octanol–water partition coefficient (Wildman–Crippen LogP) is 2.21. The van der Waals surface area contributed by atoms with Crippen molar-refractivity contribution in [1.29, 1.82) is 0 Å². The topological polar surface area (TPSA) is 102 Å². The van der Waals surface area contributed by atoms with E-state index >= 15 is 0 Å². The van der Waals surface area contributed by atoms with Gasteiger partial charge in [0.25, 0.3) is 12.9 Å². The Morgan fingerprint density at radius 2 is 1.59 bits per heavy atom. The number of hydrogen-bond acceptors (Lipinski definition) is 6. The van der Waals surface area contributed by atoms with Crippen LogP contribution in [-0.2, 0) is 14.3 Å². The van der Waals surface area contributed by atoms with Crippen LogP contribution in [-0.4, -0.2) is 85.1 Å². The van der Waals surface area contributed by atoms with Gasteiger partial charge < -0.3 is 25.2 Å². The lowest BCUT2D eigenvalue weighted by atomic mass is 10.0. The van der Waals surface area contributed by atoms with Crippen molar-refractivity contribution in [1.82, 2.24) is 10.2 Å². The largest absolute Gasteiger partial charge is 0.483 e. The summed E-state index contributed by atoms with van der Waals surface area (Å²) in [6.45, 7) is 7.38. The van der Waals surface area contributed by atoms with Gasteiger partial charge in [0.1, 0.15) is 0 Å². The van der Waals surface area contributed by atoms with E-state index in [2.05, 4.69) is 46.3 Å². The second-order valence-electron chi connectivity index (χ2n) is 9.22. The number of nitrogens with zero attached hydrogens (tertiary/aromatic N) is 2. The first-order valence-corrected chi connectivity index (χ1v) is 11.7. The van der Waals surface area contributed by atoms with E-state index in [0.29, 0.717) is 24.2 Å². The van der Waals surface area contributed by atoms with Crippen LogP contribution in [0, 0.1) is 12.8 Å². The first-order chi connectivity index (χ1) is 15.6. The fraction of sp³-hybridized carbons (Fsp3) is 0.667. The maximum atomic E-state index is 8.36. The van der Waals surface area contributed by atoms with Crippen LogP contribution in [0.2, 0.25) is 0 Å². The summed E-state index contributed by atoms with van der Waals surface area (Å²) in [7, 11) is 0. The number of piperidine rings is 1. The summed E-state index contributed by atoms with van der Waals surface area (Å²) < 4.78 is 6.15. The monoisotopic (exact) mass is 447 g/mol. The van der Waals surface area contributed by atoms with Crippen molar-refractivity contribution in [3.8, 4) is 0 Å². The molecular weight excluding hydrogens is 410 g/mol. The average Bonchev–Trinajstić information content (AvgIpc) is 3.56. The summed E-state index contributed by atoms with van der Waals surface area (Å²) in [4.78, 5) is 22.0. The van der Waals surface area contributed by atoms with Crippen LogP contribution in [0.1, 0.15) is 37.7 Å². The Labute approximate surface area is 190 Å². The van der Waals surface area contributed by atoms with Crippen molar-refractivity contribution in [3.05, 3.63) is 29.8 Å². The molecule has 3 aliphatic heterocycles. The predicted molar refractivity (Wildman–Crippen MR) is 123 cm³/mol. The summed E-state index contributed by atoms with van der Waals surface area (Å²) >= 11 is 0. The lowest BCUT2D eigenvalue weighted by Crippen LogP contribution is -2.48. The van der Waals surface area contributed by atoms with Crippen molar-refractivity contribution in [2.75, 3.05) is 37.7 Å². The molecule has 0 spiro atoms. The molecule has 3 atom stereocenters. The molecule has 0 amide bonds. The van der Waals surface area contributed by atoms with E-state index in [0.717, 1.165) is 12.5 Å². The summed E-state index contributed by atoms with van der Waals surface area (Å²) in [5.41, 5.74) is 2.73. The second-order valence-corrected chi connectivity index (χ2v) is 9.22. The molecule has 8 nitrogen and oxygen atoms in total. The van der Waals surface area contributed by atoms with E-state index in [-0.39, 0.29) is 12.9 Å². The number of anilines is 1. The molecule has 3 N–H and O–H groups in total. The van der Waals surface area contributed by atoms with Crippen molar-refractivity contribution in [3.63, 3.8) is 0 Å². The van der Waals surface area contributed by atoms with E-state index in [1.54, 1.807) is 0 Å². The van der Waals surface area contributed by atoms with Gasteiger partial charge in [-0.1, -0.05) is 17.7 Å². The van der Waals surface area contributed by atoms with Crippen molar-refractivity contribution in [2.45, 2.75) is 63.3 Å². The zero-order chi connectivity index (χ0) is 22.9. The highest BCUT2D eigenvalue weighted by Crippen LogP contribution is 2.38. The molecule has 0 aromatic heterocycles. The molecular formula is C24H37N3O5. The summed E-state index contributed by atoms with van der Waals surface area (Å²) in [6.07, 6.45) is 7.11. The van der Waals surface area contributed by atoms with Crippen LogP contribution in [0.25, 0.3) is 0 Å². The minimum absolute atomic E-state index is 0.250. The van der Waals surface area contributed by atoms with Gasteiger partial charge in [0, 0.05) is 50.0 Å². The van der Waals surface area contributed by atoms with Gasteiger partial charge in [-0.05, 0) is 57.1 Å². The van der Waals surface area contributed by atoms with E-state index in [9.17, 15) is 0 Å². The highest BCUT2D eigenvalue weighted by molar-refractivity contribution is 5.47. The van der Waals surface area contributed by atoms with Gasteiger partial charge in [-0.3, -0.25) is 14.5 Å². The maximum absolute atomic E-state index is 8.36. The molecule has 3 saturated heterocycles. The Kier molecular flexibility index (Phi) is 9.32. The van der Waals surface area contributed by atoms with Crippen LogP contribution in [0.4, 0.5) is 5.69 Å². The first kappa shape index (κ1) is 24.5. The van der Waals surface area contributed by atoms with Crippen molar-refractivity contribution in [2.24, 2.45) is 5.92 Å². The number of benzene rings is 1. The average molecular weight is 448 g/mol. The van der Waals surface area contributed by atoms with Crippen LogP contribution >= 0.6 is 0 Å². The van der Waals surface area contributed by atoms with Crippen LogP contribution in [0.5, 0.6) is 0 Å². The molecule has 1 aliphatic carbocycles. The van der Waals surface area contributed by atoms with E-state index in [4.69, 9.17) is 24.5 Å². The number of morpholine rings is 1. The van der Waals surface area contributed by atoms with Gasteiger partial charge in [0.15, 0.2) is 0 Å². The van der Waals surface area contributed by atoms with Gasteiger partial charge >= 0.3 is 0 Å². The number of hydrogen-bond donors (Lipinski definition) is 3. The number of aryl methyl sites for hydroxylation is 1. The lowest BCUT2D eigenvalue weighted by Gasteiger charge is -2.35. The fourth-order valence-corrected chi connectivity index (χ4v) is 5.17. The number of ether oxygens (including phenoxy) is 1. The Hall–Kier alpha value is -2.16. The van der Waals surface area contributed by atoms with Crippen molar-refractivity contribution < 1.29 is 24.5 Å². The van der Waals surface area contributed by atoms with Crippen LogP contribution in [0.3, 0.4) is 0 Å². The second kappa shape index (κ2) is 12.2. The zero-order valence-corrected chi connectivity index (χ0v) is 18.9.